The van der Waals surface area contributed by atoms with Gasteiger partial charge in [0.05, 0.1) is 74.6 Å². The zero-order valence-electron chi connectivity index (χ0n) is 30.2. The molecule has 7 nitrogen and oxygen atoms in total. The van der Waals surface area contributed by atoms with Crippen LogP contribution in [0, 0.1) is 45.3 Å². The Kier molecular flexibility index (Phi) is 8.58. The second-order valence-electron chi connectivity index (χ2n) is 13.5. The van der Waals surface area contributed by atoms with Crippen LogP contribution in [0.25, 0.3) is 83.6 Å². The van der Waals surface area contributed by atoms with Gasteiger partial charge in [0.1, 0.15) is 0 Å². The fourth-order valence-electron chi connectivity index (χ4n) is 7.38. The minimum absolute atomic E-state index is 0.506. The molecule has 0 amide bonds. The molecule has 0 aliphatic carbocycles. The Balaban J connectivity index is 1.43. The summed E-state index contributed by atoms with van der Waals surface area (Å²) in [5.74, 6) is 0.583. The molecule has 57 heavy (non-hydrogen) atoms. The molecule has 0 fully saturated rings. The molecule has 0 radical (unpaired) electrons. The Morgan fingerprint density at radius 3 is 1.25 bits per heavy atom. The van der Waals surface area contributed by atoms with Gasteiger partial charge in [-0.1, -0.05) is 84.9 Å². The van der Waals surface area contributed by atoms with E-state index < -0.39 is 0 Å². The molecule has 0 bridgehead atoms. The lowest BCUT2D eigenvalue weighted by molar-refractivity contribution is 1.17. The highest BCUT2D eigenvalue weighted by atomic mass is 15.0. The molecule has 262 valence electrons. The largest absolute Gasteiger partial charge is 0.308 e. The van der Waals surface area contributed by atoms with Crippen molar-refractivity contribution in [3.05, 3.63) is 186 Å². The first-order valence-corrected chi connectivity index (χ1v) is 18.1. The van der Waals surface area contributed by atoms with Crippen molar-refractivity contribution in [3.63, 3.8) is 0 Å². The maximum absolute atomic E-state index is 9.92. The van der Waals surface area contributed by atoms with Gasteiger partial charge in [-0.3, -0.25) is 0 Å². The second kappa shape index (κ2) is 14.3. The highest BCUT2D eigenvalue weighted by Gasteiger charge is 2.23. The van der Waals surface area contributed by atoms with Crippen LogP contribution >= 0.6 is 0 Å². The van der Waals surface area contributed by atoms with Crippen LogP contribution in [0.4, 0.5) is 0 Å². The SMILES string of the molecule is N#Cc1ccc(-c2cc(-c3cc(-c4ccccc4)nc(-c4ccccc4)n3)cc(-c3ccc(C#N)cc3)c2-n2c3ccc(C#N)cc3c3cc(C#N)ccc32)cc1. The number of rotatable bonds is 6. The first-order chi connectivity index (χ1) is 28.0. The van der Waals surface area contributed by atoms with Gasteiger partial charge in [0, 0.05) is 38.6 Å². The van der Waals surface area contributed by atoms with Crippen LogP contribution in [0.1, 0.15) is 22.3 Å². The van der Waals surface area contributed by atoms with E-state index in [0.29, 0.717) is 33.8 Å². The van der Waals surface area contributed by atoms with E-state index in [4.69, 9.17) is 9.97 Å². The second-order valence-corrected chi connectivity index (χ2v) is 13.5. The molecule has 0 unspecified atom stereocenters. The fraction of sp³-hybridized carbons (Fsp3) is 0. The van der Waals surface area contributed by atoms with Gasteiger partial charge in [-0.25, -0.2) is 9.97 Å². The van der Waals surface area contributed by atoms with Gasteiger partial charge >= 0.3 is 0 Å². The molecule has 2 aromatic heterocycles. The van der Waals surface area contributed by atoms with Crippen molar-refractivity contribution in [1.82, 2.24) is 14.5 Å². The number of nitriles is 4. The number of hydrogen-bond donors (Lipinski definition) is 0. The van der Waals surface area contributed by atoms with Gasteiger partial charge < -0.3 is 4.57 Å². The van der Waals surface area contributed by atoms with Crippen molar-refractivity contribution < 1.29 is 0 Å². The number of hydrogen-bond acceptors (Lipinski definition) is 6. The summed E-state index contributed by atoms with van der Waals surface area (Å²) >= 11 is 0. The van der Waals surface area contributed by atoms with Gasteiger partial charge in [-0.05, 0) is 90.0 Å². The van der Waals surface area contributed by atoms with Crippen LogP contribution in [0.15, 0.2) is 164 Å². The van der Waals surface area contributed by atoms with E-state index in [1.807, 2.05) is 140 Å². The lowest BCUT2D eigenvalue weighted by Gasteiger charge is -2.21. The summed E-state index contributed by atoms with van der Waals surface area (Å²) < 4.78 is 2.18. The monoisotopic (exact) mass is 725 g/mol. The molecule has 7 aromatic carbocycles. The van der Waals surface area contributed by atoms with Crippen molar-refractivity contribution in [1.29, 1.82) is 21.0 Å². The summed E-state index contributed by atoms with van der Waals surface area (Å²) in [7, 11) is 0. The number of nitrogens with zero attached hydrogens (tertiary/aromatic N) is 7. The van der Waals surface area contributed by atoms with E-state index >= 15 is 0 Å². The normalized spacial score (nSPS) is 10.7. The Hall–Kier alpha value is -8.62. The standard InChI is InChI=1S/C50H27N7/c51-28-32-11-17-36(18-12-32)41-25-40(46-27-45(38-7-3-1-4-8-38)55-50(56-46)39-9-5-2-6-10-39)26-42(37-19-13-33(29-52)14-20-37)49(41)57-47-21-15-34(30-53)23-43(47)44-24-35(31-54)16-22-48(44)57/h1-27H. The molecule has 0 aliphatic heterocycles. The van der Waals surface area contributed by atoms with Crippen LogP contribution in [0.2, 0.25) is 0 Å². The molecule has 0 saturated carbocycles. The minimum atomic E-state index is 0.506. The average molecular weight is 726 g/mol. The zero-order chi connectivity index (χ0) is 38.9. The average Bonchev–Trinajstić information content (AvgIpc) is 3.61. The van der Waals surface area contributed by atoms with Crippen LogP contribution in [-0.2, 0) is 0 Å². The molecule has 0 atom stereocenters. The minimum Gasteiger partial charge on any atom is -0.308 e. The maximum Gasteiger partial charge on any atom is 0.160 e. The van der Waals surface area contributed by atoms with E-state index in [-0.39, 0.29) is 0 Å². The summed E-state index contributed by atoms with van der Waals surface area (Å²) in [6.07, 6.45) is 0. The first kappa shape index (κ1) is 34.2. The summed E-state index contributed by atoms with van der Waals surface area (Å²) in [5.41, 5.74) is 12.2. The number of aromatic nitrogens is 3. The van der Waals surface area contributed by atoms with Gasteiger partial charge in [0.2, 0.25) is 0 Å². The van der Waals surface area contributed by atoms with Crippen molar-refractivity contribution in [2.75, 3.05) is 0 Å². The zero-order valence-corrected chi connectivity index (χ0v) is 30.2. The molecule has 0 saturated heterocycles. The van der Waals surface area contributed by atoms with E-state index in [1.54, 1.807) is 12.1 Å². The summed E-state index contributed by atoms with van der Waals surface area (Å²) in [5, 5.41) is 41.0. The fourth-order valence-corrected chi connectivity index (χ4v) is 7.38. The number of fused-ring (bicyclic) bond motifs is 3. The summed E-state index contributed by atoms with van der Waals surface area (Å²) in [6.45, 7) is 0. The van der Waals surface area contributed by atoms with Crippen LogP contribution < -0.4 is 0 Å². The Morgan fingerprint density at radius 2 is 0.789 bits per heavy atom. The van der Waals surface area contributed by atoms with E-state index in [0.717, 1.165) is 72.1 Å². The number of benzene rings is 7. The Bertz CT molecular complexity index is 2980. The third-order valence-corrected chi connectivity index (χ3v) is 10.1. The molecule has 0 aliphatic rings. The topological polar surface area (TPSA) is 126 Å². The highest BCUT2D eigenvalue weighted by Crippen LogP contribution is 2.44. The summed E-state index contributed by atoms with van der Waals surface area (Å²) in [6, 6.07) is 61.5. The molecule has 9 aromatic rings. The molecule has 0 spiro atoms. The smallest absolute Gasteiger partial charge is 0.160 e. The lowest BCUT2D eigenvalue weighted by Crippen LogP contribution is -2.03. The Labute approximate surface area is 328 Å². The Morgan fingerprint density at radius 1 is 0.368 bits per heavy atom. The predicted octanol–water partition coefficient (Wildman–Crippen LogP) is 11.4. The van der Waals surface area contributed by atoms with Crippen LogP contribution in [0.3, 0.4) is 0 Å². The van der Waals surface area contributed by atoms with Crippen molar-refractivity contribution in [2.45, 2.75) is 0 Å². The maximum atomic E-state index is 9.92. The first-order valence-electron chi connectivity index (χ1n) is 18.1. The highest BCUT2D eigenvalue weighted by molar-refractivity contribution is 6.11. The third kappa shape index (κ3) is 6.21. The van der Waals surface area contributed by atoms with Crippen molar-refractivity contribution in [3.8, 4) is 86.1 Å². The molecule has 0 N–H and O–H groups in total. The van der Waals surface area contributed by atoms with Crippen molar-refractivity contribution >= 4 is 21.8 Å². The van der Waals surface area contributed by atoms with Gasteiger partial charge in [-0.2, -0.15) is 21.0 Å². The van der Waals surface area contributed by atoms with Gasteiger partial charge in [-0.15, -0.1) is 0 Å². The van der Waals surface area contributed by atoms with Crippen LogP contribution in [-0.4, -0.2) is 14.5 Å². The summed E-state index contributed by atoms with van der Waals surface area (Å²) in [4.78, 5) is 10.2. The van der Waals surface area contributed by atoms with Gasteiger partial charge in [0.15, 0.2) is 5.82 Å². The predicted molar refractivity (Wildman–Crippen MR) is 222 cm³/mol. The third-order valence-electron chi connectivity index (χ3n) is 10.1. The quantitative estimate of drug-likeness (QED) is 0.168. The molecular weight excluding hydrogens is 699 g/mol. The van der Waals surface area contributed by atoms with E-state index in [2.05, 4.69) is 41.0 Å². The molecular formula is C50H27N7. The molecule has 2 heterocycles. The lowest BCUT2D eigenvalue weighted by atomic mass is 9.91. The van der Waals surface area contributed by atoms with Gasteiger partial charge in [0.25, 0.3) is 0 Å². The molecule has 9 rings (SSSR count). The van der Waals surface area contributed by atoms with E-state index in [9.17, 15) is 21.0 Å². The van der Waals surface area contributed by atoms with E-state index in [1.165, 1.54) is 0 Å². The molecule has 7 heteroatoms. The van der Waals surface area contributed by atoms with Crippen LogP contribution in [0.5, 0.6) is 0 Å². The van der Waals surface area contributed by atoms with Crippen molar-refractivity contribution in [2.24, 2.45) is 0 Å².